The lowest BCUT2D eigenvalue weighted by atomic mass is 9.95. The summed E-state index contributed by atoms with van der Waals surface area (Å²) in [5, 5.41) is 7.47. The molecule has 1 saturated heterocycles. The third-order valence-corrected chi connectivity index (χ3v) is 3.59. The van der Waals surface area contributed by atoms with E-state index in [1.165, 1.54) is 19.3 Å². The minimum atomic E-state index is 0.00481. The van der Waals surface area contributed by atoms with Crippen molar-refractivity contribution in [2.24, 2.45) is 11.7 Å². The fraction of sp³-hybridized carbons (Fsp3) is 0.615. The van der Waals surface area contributed by atoms with Crippen molar-refractivity contribution in [1.82, 2.24) is 9.97 Å². The Hall–Kier alpha value is -1.65. The van der Waals surface area contributed by atoms with Crippen molar-refractivity contribution < 1.29 is 0 Å². The number of aryl methyl sites for hydroxylation is 1. The van der Waals surface area contributed by atoms with Crippen LogP contribution >= 0.6 is 0 Å². The molecule has 5 heteroatoms. The molecule has 1 fully saturated rings. The fourth-order valence-electron chi connectivity index (χ4n) is 2.37. The van der Waals surface area contributed by atoms with Gasteiger partial charge in [0.2, 0.25) is 5.95 Å². The molecule has 1 aliphatic rings. The minimum Gasteiger partial charge on any atom is -0.382 e. The van der Waals surface area contributed by atoms with Crippen LogP contribution in [-0.4, -0.2) is 28.9 Å². The topological polar surface area (TPSA) is 78.9 Å². The van der Waals surface area contributed by atoms with E-state index in [1.54, 1.807) is 6.07 Å². The molecule has 5 nitrogen and oxygen atoms in total. The molecule has 1 aromatic heterocycles. The molecule has 0 saturated carbocycles. The van der Waals surface area contributed by atoms with Crippen molar-refractivity contribution >= 4 is 11.8 Å². The number of piperidine rings is 1. The second-order valence-corrected chi connectivity index (χ2v) is 4.95. The lowest BCUT2D eigenvalue weighted by molar-refractivity contribution is 0.392. The molecule has 0 radical (unpaired) electrons. The summed E-state index contributed by atoms with van der Waals surface area (Å²) in [6, 6.07) is 1.75. The Bertz CT molecular complexity index is 435. The van der Waals surface area contributed by atoms with Gasteiger partial charge in [0.1, 0.15) is 11.5 Å². The molecule has 1 aromatic rings. The Labute approximate surface area is 108 Å². The Morgan fingerprint density at radius 2 is 2.11 bits per heavy atom. The van der Waals surface area contributed by atoms with E-state index < -0.39 is 0 Å². The Balaban J connectivity index is 2.16. The van der Waals surface area contributed by atoms with E-state index in [9.17, 15) is 0 Å². The molecule has 3 N–H and O–H groups in total. The number of nitrogens with zero attached hydrogens (tertiary/aromatic N) is 3. The van der Waals surface area contributed by atoms with Crippen LogP contribution in [0.25, 0.3) is 0 Å². The second kappa shape index (κ2) is 5.33. The van der Waals surface area contributed by atoms with Gasteiger partial charge in [0, 0.05) is 18.8 Å². The maximum Gasteiger partial charge on any atom is 0.226 e. The standard InChI is InChI=1S/C13H21N5/c1-3-10-4-6-18(7-5-10)13-16-9(2)8-11(17-13)12(14)15/h8,10H,3-7H2,1-2H3,(H3,14,15). The van der Waals surface area contributed by atoms with E-state index in [-0.39, 0.29) is 5.84 Å². The van der Waals surface area contributed by atoms with Crippen LogP contribution in [0.3, 0.4) is 0 Å². The van der Waals surface area contributed by atoms with Crippen molar-refractivity contribution in [3.8, 4) is 0 Å². The minimum absolute atomic E-state index is 0.00481. The van der Waals surface area contributed by atoms with Crippen LogP contribution in [0.1, 0.15) is 37.6 Å². The SMILES string of the molecule is CCC1CCN(c2nc(C)cc(C(=N)N)n2)CC1. The first-order valence-electron chi connectivity index (χ1n) is 6.55. The quantitative estimate of drug-likeness (QED) is 0.629. The van der Waals surface area contributed by atoms with Gasteiger partial charge in [-0.05, 0) is 31.7 Å². The van der Waals surface area contributed by atoms with Gasteiger partial charge in [-0.25, -0.2) is 9.97 Å². The Morgan fingerprint density at radius 3 is 2.67 bits per heavy atom. The third kappa shape index (κ3) is 2.78. The highest BCUT2D eigenvalue weighted by Gasteiger charge is 2.20. The number of anilines is 1. The second-order valence-electron chi connectivity index (χ2n) is 4.95. The van der Waals surface area contributed by atoms with Crippen LogP contribution in [-0.2, 0) is 0 Å². The van der Waals surface area contributed by atoms with Gasteiger partial charge in [0.25, 0.3) is 0 Å². The van der Waals surface area contributed by atoms with E-state index in [2.05, 4.69) is 21.8 Å². The third-order valence-electron chi connectivity index (χ3n) is 3.59. The molecule has 98 valence electrons. The Morgan fingerprint density at radius 1 is 1.44 bits per heavy atom. The number of aromatic nitrogens is 2. The number of rotatable bonds is 3. The number of amidine groups is 1. The van der Waals surface area contributed by atoms with Crippen molar-refractivity contribution in [3.63, 3.8) is 0 Å². The van der Waals surface area contributed by atoms with Gasteiger partial charge in [-0.15, -0.1) is 0 Å². The largest absolute Gasteiger partial charge is 0.382 e. The summed E-state index contributed by atoms with van der Waals surface area (Å²) in [5.41, 5.74) is 6.89. The number of hydrogen-bond donors (Lipinski definition) is 2. The van der Waals surface area contributed by atoms with Gasteiger partial charge >= 0.3 is 0 Å². The zero-order valence-electron chi connectivity index (χ0n) is 11.1. The van der Waals surface area contributed by atoms with Crippen LogP contribution in [0.2, 0.25) is 0 Å². The highest BCUT2D eigenvalue weighted by Crippen LogP contribution is 2.23. The van der Waals surface area contributed by atoms with Crippen molar-refractivity contribution in [1.29, 1.82) is 5.41 Å². The van der Waals surface area contributed by atoms with Crippen LogP contribution in [0.15, 0.2) is 6.07 Å². The summed E-state index contributed by atoms with van der Waals surface area (Å²) in [6.45, 7) is 6.16. The summed E-state index contributed by atoms with van der Waals surface area (Å²) in [5.74, 6) is 1.55. The van der Waals surface area contributed by atoms with E-state index in [4.69, 9.17) is 11.1 Å². The van der Waals surface area contributed by atoms with E-state index in [0.29, 0.717) is 5.69 Å². The van der Waals surface area contributed by atoms with Gasteiger partial charge in [-0.2, -0.15) is 0 Å². The first kappa shape index (κ1) is 12.8. The molecule has 0 bridgehead atoms. The van der Waals surface area contributed by atoms with Gasteiger partial charge in [-0.3, -0.25) is 5.41 Å². The zero-order chi connectivity index (χ0) is 13.1. The number of nitrogens with one attached hydrogen (secondary N) is 1. The highest BCUT2D eigenvalue weighted by molar-refractivity contribution is 5.93. The molecule has 0 aliphatic carbocycles. The van der Waals surface area contributed by atoms with E-state index >= 15 is 0 Å². The molecule has 0 amide bonds. The summed E-state index contributed by atoms with van der Waals surface area (Å²) in [6.07, 6.45) is 3.65. The maximum absolute atomic E-state index is 7.47. The molecule has 0 spiro atoms. The molecule has 0 atom stereocenters. The predicted molar refractivity (Wildman–Crippen MR) is 73.0 cm³/mol. The smallest absolute Gasteiger partial charge is 0.226 e. The molecular weight excluding hydrogens is 226 g/mol. The molecule has 2 rings (SSSR count). The molecular formula is C13H21N5. The monoisotopic (exact) mass is 247 g/mol. The van der Waals surface area contributed by atoms with Crippen LogP contribution in [0.4, 0.5) is 5.95 Å². The molecule has 0 unspecified atom stereocenters. The van der Waals surface area contributed by atoms with Gasteiger partial charge < -0.3 is 10.6 Å². The highest BCUT2D eigenvalue weighted by atomic mass is 15.3. The van der Waals surface area contributed by atoms with Crippen molar-refractivity contribution in [2.45, 2.75) is 33.1 Å². The lowest BCUT2D eigenvalue weighted by Crippen LogP contribution is -2.35. The van der Waals surface area contributed by atoms with Gasteiger partial charge in [0.15, 0.2) is 0 Å². The fourth-order valence-corrected chi connectivity index (χ4v) is 2.37. The van der Waals surface area contributed by atoms with Crippen LogP contribution < -0.4 is 10.6 Å². The summed E-state index contributed by atoms with van der Waals surface area (Å²) in [4.78, 5) is 11.0. The van der Waals surface area contributed by atoms with E-state index in [0.717, 1.165) is 30.6 Å². The first-order chi connectivity index (χ1) is 8.60. The summed E-state index contributed by atoms with van der Waals surface area (Å²) >= 11 is 0. The zero-order valence-corrected chi connectivity index (χ0v) is 11.1. The average molecular weight is 247 g/mol. The van der Waals surface area contributed by atoms with Crippen molar-refractivity contribution in [3.05, 3.63) is 17.5 Å². The molecule has 1 aliphatic heterocycles. The van der Waals surface area contributed by atoms with Gasteiger partial charge in [0.05, 0.1) is 0 Å². The van der Waals surface area contributed by atoms with Crippen LogP contribution in [0.5, 0.6) is 0 Å². The van der Waals surface area contributed by atoms with E-state index in [1.807, 2.05) is 6.92 Å². The van der Waals surface area contributed by atoms with Crippen LogP contribution in [0, 0.1) is 18.3 Å². The molecule has 0 aromatic carbocycles. The average Bonchev–Trinajstić information content (AvgIpc) is 2.38. The summed E-state index contributed by atoms with van der Waals surface area (Å²) in [7, 11) is 0. The number of nitrogens with two attached hydrogens (primary N) is 1. The van der Waals surface area contributed by atoms with Crippen molar-refractivity contribution in [2.75, 3.05) is 18.0 Å². The molecule has 18 heavy (non-hydrogen) atoms. The predicted octanol–water partition coefficient (Wildman–Crippen LogP) is 1.70. The normalized spacial score (nSPS) is 16.9. The number of hydrogen-bond acceptors (Lipinski definition) is 4. The molecule has 2 heterocycles. The summed E-state index contributed by atoms with van der Waals surface area (Å²) < 4.78 is 0. The lowest BCUT2D eigenvalue weighted by Gasteiger charge is -2.31. The maximum atomic E-state index is 7.47. The Kier molecular flexibility index (Phi) is 3.79. The number of nitrogen functional groups attached to an aromatic ring is 1. The van der Waals surface area contributed by atoms with Gasteiger partial charge in [-0.1, -0.05) is 13.3 Å². The first-order valence-corrected chi connectivity index (χ1v) is 6.55.